The van der Waals surface area contributed by atoms with Gasteiger partial charge in [0, 0.05) is 17.6 Å². The van der Waals surface area contributed by atoms with Gasteiger partial charge in [-0.2, -0.15) is 13.2 Å². The number of benzene rings is 2. The third-order valence-corrected chi connectivity index (χ3v) is 3.90. The molecule has 1 aromatic heterocycles. The van der Waals surface area contributed by atoms with E-state index in [9.17, 15) is 18.0 Å². The van der Waals surface area contributed by atoms with Crippen molar-refractivity contribution in [1.82, 2.24) is 4.98 Å². The number of pyridine rings is 1. The highest BCUT2D eigenvalue weighted by Gasteiger charge is 2.30. The van der Waals surface area contributed by atoms with E-state index in [0.717, 1.165) is 23.4 Å². The van der Waals surface area contributed by atoms with Crippen molar-refractivity contribution in [2.75, 3.05) is 10.6 Å². The minimum atomic E-state index is -4.41. The summed E-state index contributed by atoms with van der Waals surface area (Å²) in [5.41, 5.74) is 1.77. The van der Waals surface area contributed by atoms with E-state index in [-0.39, 0.29) is 5.69 Å². The molecule has 0 aliphatic rings. The number of nitrogens with zero attached hydrogens (tertiary/aromatic N) is 1. The molecule has 27 heavy (non-hydrogen) atoms. The zero-order chi connectivity index (χ0) is 19.4. The predicted octanol–water partition coefficient (Wildman–Crippen LogP) is 5.40. The molecule has 0 fully saturated rings. The first-order valence-electron chi connectivity index (χ1n) is 8.10. The van der Waals surface area contributed by atoms with E-state index in [1.807, 2.05) is 31.2 Å². The van der Waals surface area contributed by atoms with Gasteiger partial charge >= 0.3 is 6.18 Å². The lowest BCUT2D eigenvalue weighted by atomic mass is 10.2. The van der Waals surface area contributed by atoms with E-state index in [4.69, 9.17) is 0 Å². The van der Waals surface area contributed by atoms with Crippen molar-refractivity contribution in [3.63, 3.8) is 0 Å². The van der Waals surface area contributed by atoms with Gasteiger partial charge in [-0.05, 0) is 55.0 Å². The molecule has 3 rings (SSSR count). The SMILES string of the molecule is Cc1ccccc1Nc1ccc(C(=O)Nc2ccc(C(F)(F)F)cc2)cn1. The Hall–Kier alpha value is -3.35. The molecule has 0 atom stereocenters. The number of hydrogen-bond acceptors (Lipinski definition) is 3. The highest BCUT2D eigenvalue weighted by molar-refractivity contribution is 6.04. The lowest BCUT2D eigenvalue weighted by molar-refractivity contribution is -0.137. The summed E-state index contributed by atoms with van der Waals surface area (Å²) in [6, 6.07) is 15.2. The number of halogens is 3. The van der Waals surface area contributed by atoms with E-state index in [1.54, 1.807) is 12.1 Å². The third kappa shape index (κ3) is 4.63. The second kappa shape index (κ2) is 7.49. The first kappa shape index (κ1) is 18.4. The molecule has 1 heterocycles. The molecule has 0 unspecified atom stereocenters. The van der Waals surface area contributed by atoms with Crippen LogP contribution in [0.1, 0.15) is 21.5 Å². The van der Waals surface area contributed by atoms with Gasteiger partial charge in [-0.3, -0.25) is 4.79 Å². The van der Waals surface area contributed by atoms with Crippen LogP contribution in [0, 0.1) is 6.92 Å². The monoisotopic (exact) mass is 371 g/mol. The van der Waals surface area contributed by atoms with Gasteiger partial charge in [0.15, 0.2) is 0 Å². The molecule has 138 valence electrons. The van der Waals surface area contributed by atoms with Crippen LogP contribution in [0.25, 0.3) is 0 Å². The Kier molecular flexibility index (Phi) is 5.12. The molecule has 0 saturated heterocycles. The van der Waals surface area contributed by atoms with E-state index < -0.39 is 17.6 Å². The number of carbonyl (C=O) groups excluding carboxylic acids is 1. The third-order valence-electron chi connectivity index (χ3n) is 3.90. The summed E-state index contributed by atoms with van der Waals surface area (Å²) < 4.78 is 37.7. The van der Waals surface area contributed by atoms with Crippen LogP contribution in [0.15, 0.2) is 66.9 Å². The van der Waals surface area contributed by atoms with Crippen LogP contribution in [-0.2, 0) is 6.18 Å². The lowest BCUT2D eigenvalue weighted by Crippen LogP contribution is -2.13. The normalized spacial score (nSPS) is 11.1. The minimum Gasteiger partial charge on any atom is -0.340 e. The molecular formula is C20H16F3N3O. The fourth-order valence-corrected chi connectivity index (χ4v) is 2.40. The van der Waals surface area contributed by atoms with Crippen molar-refractivity contribution in [2.45, 2.75) is 13.1 Å². The molecule has 3 aromatic rings. The molecule has 7 heteroatoms. The highest BCUT2D eigenvalue weighted by Crippen LogP contribution is 2.29. The van der Waals surface area contributed by atoms with Crippen LogP contribution in [0.3, 0.4) is 0 Å². The Balaban J connectivity index is 1.66. The minimum absolute atomic E-state index is 0.273. The Morgan fingerprint density at radius 3 is 2.26 bits per heavy atom. The molecule has 0 spiro atoms. The second-order valence-corrected chi connectivity index (χ2v) is 5.90. The number of rotatable bonds is 4. The van der Waals surface area contributed by atoms with Gasteiger partial charge in [-0.25, -0.2) is 4.98 Å². The van der Waals surface area contributed by atoms with Gasteiger partial charge in [-0.1, -0.05) is 18.2 Å². The molecule has 0 aliphatic carbocycles. The zero-order valence-electron chi connectivity index (χ0n) is 14.3. The van der Waals surface area contributed by atoms with E-state index in [0.29, 0.717) is 11.4 Å². The summed E-state index contributed by atoms with van der Waals surface area (Å²) in [6.07, 6.45) is -3.01. The Bertz CT molecular complexity index is 936. The standard InChI is InChI=1S/C20H16F3N3O/c1-13-4-2-3-5-17(13)26-18-11-6-14(12-24-18)19(27)25-16-9-7-15(8-10-16)20(21,22)23/h2-12H,1H3,(H,24,26)(H,25,27). The number of amides is 1. The lowest BCUT2D eigenvalue weighted by Gasteiger charge is -2.10. The number of nitrogens with one attached hydrogen (secondary N) is 2. The fourth-order valence-electron chi connectivity index (χ4n) is 2.40. The Labute approximate surface area is 154 Å². The smallest absolute Gasteiger partial charge is 0.340 e. The summed E-state index contributed by atoms with van der Waals surface area (Å²) >= 11 is 0. The number of anilines is 3. The van der Waals surface area contributed by atoms with Crippen LogP contribution in [0.5, 0.6) is 0 Å². The molecule has 0 saturated carbocycles. The van der Waals surface area contributed by atoms with Crippen LogP contribution >= 0.6 is 0 Å². The number of aromatic nitrogens is 1. The molecule has 1 amide bonds. The van der Waals surface area contributed by atoms with Crippen molar-refractivity contribution in [2.24, 2.45) is 0 Å². The van der Waals surface area contributed by atoms with Gasteiger partial charge in [0.25, 0.3) is 5.91 Å². The summed E-state index contributed by atoms with van der Waals surface area (Å²) in [7, 11) is 0. The Morgan fingerprint density at radius 2 is 1.67 bits per heavy atom. The van der Waals surface area contributed by atoms with Crippen molar-refractivity contribution >= 4 is 23.1 Å². The maximum Gasteiger partial charge on any atom is 0.416 e. The second-order valence-electron chi connectivity index (χ2n) is 5.90. The van der Waals surface area contributed by atoms with Crippen molar-refractivity contribution in [3.8, 4) is 0 Å². The first-order chi connectivity index (χ1) is 12.8. The number of hydrogen-bond donors (Lipinski definition) is 2. The summed E-state index contributed by atoms with van der Waals surface area (Å²) in [6.45, 7) is 1.97. The molecule has 0 aliphatic heterocycles. The van der Waals surface area contributed by atoms with Crippen LogP contribution in [0.2, 0.25) is 0 Å². The molecule has 0 bridgehead atoms. The first-order valence-corrected chi connectivity index (χ1v) is 8.10. The van der Waals surface area contributed by atoms with E-state index >= 15 is 0 Å². The van der Waals surface area contributed by atoms with E-state index in [1.165, 1.54) is 18.3 Å². The van der Waals surface area contributed by atoms with Crippen LogP contribution < -0.4 is 10.6 Å². The topological polar surface area (TPSA) is 54.0 Å². The molecule has 4 nitrogen and oxygen atoms in total. The van der Waals surface area contributed by atoms with Gasteiger partial charge in [0.05, 0.1) is 11.1 Å². The summed E-state index contributed by atoms with van der Waals surface area (Å²) in [4.78, 5) is 16.4. The van der Waals surface area contributed by atoms with Gasteiger partial charge in [0.2, 0.25) is 0 Å². The molecule has 0 radical (unpaired) electrons. The average molecular weight is 371 g/mol. The Morgan fingerprint density at radius 1 is 0.963 bits per heavy atom. The van der Waals surface area contributed by atoms with Gasteiger partial charge < -0.3 is 10.6 Å². The quantitative estimate of drug-likeness (QED) is 0.645. The molecule has 2 N–H and O–H groups in total. The number of carbonyl (C=O) groups is 1. The summed E-state index contributed by atoms with van der Waals surface area (Å²) in [5, 5.41) is 5.71. The fraction of sp³-hybridized carbons (Fsp3) is 0.100. The van der Waals surface area contributed by atoms with Crippen molar-refractivity contribution in [1.29, 1.82) is 0 Å². The number of alkyl halides is 3. The maximum absolute atomic E-state index is 12.6. The average Bonchev–Trinajstić information content (AvgIpc) is 2.64. The van der Waals surface area contributed by atoms with Gasteiger partial charge in [-0.15, -0.1) is 0 Å². The molecule has 2 aromatic carbocycles. The van der Waals surface area contributed by atoms with Gasteiger partial charge in [0.1, 0.15) is 5.82 Å². The largest absolute Gasteiger partial charge is 0.416 e. The van der Waals surface area contributed by atoms with Crippen molar-refractivity contribution in [3.05, 3.63) is 83.6 Å². The van der Waals surface area contributed by atoms with Crippen LogP contribution in [-0.4, -0.2) is 10.9 Å². The van der Waals surface area contributed by atoms with E-state index in [2.05, 4.69) is 15.6 Å². The highest BCUT2D eigenvalue weighted by atomic mass is 19.4. The number of para-hydroxylation sites is 1. The maximum atomic E-state index is 12.6. The molecular weight excluding hydrogens is 355 g/mol. The zero-order valence-corrected chi connectivity index (χ0v) is 14.3. The predicted molar refractivity (Wildman–Crippen MR) is 98.1 cm³/mol. The summed E-state index contributed by atoms with van der Waals surface area (Å²) in [5.74, 6) is 0.125. The number of aryl methyl sites for hydroxylation is 1. The van der Waals surface area contributed by atoms with Crippen molar-refractivity contribution < 1.29 is 18.0 Å². The van der Waals surface area contributed by atoms with Crippen LogP contribution in [0.4, 0.5) is 30.4 Å².